The van der Waals surface area contributed by atoms with Crippen LogP contribution in [0.4, 0.5) is 0 Å². The molecule has 0 atom stereocenters. The van der Waals surface area contributed by atoms with E-state index in [1.54, 1.807) is 17.1 Å². The number of aromatic nitrogens is 4. The van der Waals surface area contributed by atoms with Crippen molar-refractivity contribution in [2.24, 2.45) is 7.05 Å². The van der Waals surface area contributed by atoms with Crippen LogP contribution < -0.4 is 0 Å². The van der Waals surface area contributed by atoms with Gasteiger partial charge in [0.25, 0.3) is 0 Å². The number of rotatable bonds is 0. The molecule has 64 valence electrons. The fraction of sp³-hybridized carbons (Fsp3) is 0.375. The minimum absolute atomic E-state index is 0.870. The fourth-order valence-electron chi connectivity index (χ4n) is 0.899. The van der Waals surface area contributed by atoms with Crippen LogP contribution in [0.3, 0.4) is 0 Å². The van der Waals surface area contributed by atoms with E-state index in [1.165, 1.54) is 6.33 Å². The highest BCUT2D eigenvalue weighted by molar-refractivity contribution is 5.72. The molecular formula is C8H12N4. The molecule has 0 N–H and O–H groups in total. The third-order valence-electron chi connectivity index (χ3n) is 1.40. The lowest BCUT2D eigenvalue weighted by Crippen LogP contribution is -1.90. The number of hydrogen-bond acceptors (Lipinski definition) is 3. The zero-order valence-electron chi connectivity index (χ0n) is 7.52. The first kappa shape index (κ1) is 8.64. The van der Waals surface area contributed by atoms with Gasteiger partial charge in [-0.05, 0) is 0 Å². The molecule has 0 bridgehead atoms. The summed E-state index contributed by atoms with van der Waals surface area (Å²) in [5.74, 6) is 0. The second-order valence-corrected chi connectivity index (χ2v) is 2.07. The van der Waals surface area contributed by atoms with Crippen molar-refractivity contribution in [1.29, 1.82) is 0 Å². The summed E-state index contributed by atoms with van der Waals surface area (Å²) in [7, 11) is 1.86. The minimum Gasteiger partial charge on any atom is -0.250 e. The summed E-state index contributed by atoms with van der Waals surface area (Å²) in [6.45, 7) is 4.00. The largest absolute Gasteiger partial charge is 0.250 e. The molecule has 12 heavy (non-hydrogen) atoms. The first-order chi connectivity index (χ1) is 5.88. The molecule has 0 amide bonds. The minimum atomic E-state index is 0.870. The Hall–Kier alpha value is -1.45. The van der Waals surface area contributed by atoms with Crippen molar-refractivity contribution in [2.75, 3.05) is 0 Å². The van der Waals surface area contributed by atoms with E-state index in [-0.39, 0.29) is 0 Å². The molecule has 0 unspecified atom stereocenters. The van der Waals surface area contributed by atoms with E-state index in [0.717, 1.165) is 11.0 Å². The van der Waals surface area contributed by atoms with Gasteiger partial charge in [0.05, 0.1) is 11.6 Å². The lowest BCUT2D eigenvalue weighted by Gasteiger charge is -1.88. The van der Waals surface area contributed by atoms with Gasteiger partial charge >= 0.3 is 0 Å². The molecule has 0 aromatic carbocycles. The van der Waals surface area contributed by atoms with E-state index in [2.05, 4.69) is 15.1 Å². The Balaban J connectivity index is 0.000000336. The lowest BCUT2D eigenvalue weighted by molar-refractivity contribution is 0.785. The van der Waals surface area contributed by atoms with Crippen LogP contribution >= 0.6 is 0 Å². The Labute approximate surface area is 71.3 Å². The highest BCUT2D eigenvalue weighted by Gasteiger charge is 1.96. The normalized spacial score (nSPS) is 9.25. The quantitative estimate of drug-likeness (QED) is 0.591. The maximum Gasteiger partial charge on any atom is 0.160 e. The zero-order valence-corrected chi connectivity index (χ0v) is 7.52. The topological polar surface area (TPSA) is 43.6 Å². The number of aryl methyl sites for hydroxylation is 1. The van der Waals surface area contributed by atoms with Crippen LogP contribution in [-0.4, -0.2) is 19.7 Å². The van der Waals surface area contributed by atoms with Crippen molar-refractivity contribution in [1.82, 2.24) is 19.7 Å². The maximum atomic E-state index is 4.03. The molecule has 0 saturated carbocycles. The van der Waals surface area contributed by atoms with E-state index in [4.69, 9.17) is 0 Å². The molecule has 4 nitrogen and oxygen atoms in total. The Bertz CT molecular complexity index is 353. The van der Waals surface area contributed by atoms with Crippen LogP contribution in [0.25, 0.3) is 11.0 Å². The van der Waals surface area contributed by atoms with Crippen LogP contribution in [-0.2, 0) is 7.05 Å². The standard InChI is InChI=1S/C6H6N4.C2H6/c1-10-6-5(3-9-10)2-7-4-8-6;1-2/h2-4H,1H3;1-2H3. The number of hydrogen-bond donors (Lipinski definition) is 0. The molecular weight excluding hydrogens is 152 g/mol. The third kappa shape index (κ3) is 1.42. The third-order valence-corrected chi connectivity index (χ3v) is 1.40. The highest BCUT2D eigenvalue weighted by atomic mass is 15.3. The van der Waals surface area contributed by atoms with Gasteiger partial charge in [0, 0.05) is 13.2 Å². The molecule has 0 radical (unpaired) electrons. The summed E-state index contributed by atoms with van der Waals surface area (Å²) in [4.78, 5) is 7.89. The second kappa shape index (κ2) is 3.80. The zero-order chi connectivity index (χ0) is 8.97. The molecule has 0 saturated heterocycles. The SMILES string of the molecule is CC.Cn1ncc2cncnc21. The Morgan fingerprint density at radius 3 is 2.67 bits per heavy atom. The fourth-order valence-corrected chi connectivity index (χ4v) is 0.899. The summed E-state index contributed by atoms with van der Waals surface area (Å²) in [6, 6.07) is 0. The molecule has 2 aromatic rings. The Kier molecular flexibility index (Phi) is 2.74. The first-order valence-electron chi connectivity index (χ1n) is 3.95. The monoisotopic (exact) mass is 164 g/mol. The lowest BCUT2D eigenvalue weighted by atomic mass is 10.4. The molecule has 0 aliphatic heterocycles. The van der Waals surface area contributed by atoms with E-state index < -0.39 is 0 Å². The average molecular weight is 164 g/mol. The van der Waals surface area contributed by atoms with E-state index in [9.17, 15) is 0 Å². The van der Waals surface area contributed by atoms with Gasteiger partial charge in [-0.15, -0.1) is 0 Å². The van der Waals surface area contributed by atoms with Gasteiger partial charge in [0.15, 0.2) is 5.65 Å². The first-order valence-corrected chi connectivity index (χ1v) is 3.95. The van der Waals surface area contributed by atoms with Gasteiger partial charge in [-0.2, -0.15) is 5.10 Å². The smallest absolute Gasteiger partial charge is 0.160 e. The second-order valence-electron chi connectivity index (χ2n) is 2.07. The van der Waals surface area contributed by atoms with Crippen molar-refractivity contribution in [2.45, 2.75) is 13.8 Å². The molecule has 0 aliphatic carbocycles. The van der Waals surface area contributed by atoms with Crippen molar-refractivity contribution < 1.29 is 0 Å². The molecule has 2 heterocycles. The van der Waals surface area contributed by atoms with Crippen molar-refractivity contribution >= 4 is 11.0 Å². The predicted molar refractivity (Wildman–Crippen MR) is 47.7 cm³/mol. The average Bonchev–Trinajstić information content (AvgIpc) is 2.53. The number of fused-ring (bicyclic) bond motifs is 1. The molecule has 0 spiro atoms. The van der Waals surface area contributed by atoms with Gasteiger partial charge in [-0.1, -0.05) is 13.8 Å². The van der Waals surface area contributed by atoms with Gasteiger partial charge < -0.3 is 0 Å². The van der Waals surface area contributed by atoms with Gasteiger partial charge in [-0.3, -0.25) is 4.68 Å². The van der Waals surface area contributed by atoms with Crippen LogP contribution in [0, 0.1) is 0 Å². The van der Waals surface area contributed by atoms with Gasteiger partial charge in [-0.25, -0.2) is 9.97 Å². The summed E-state index contributed by atoms with van der Waals surface area (Å²) in [5, 5.41) is 4.99. The van der Waals surface area contributed by atoms with Crippen LogP contribution in [0.2, 0.25) is 0 Å². The van der Waals surface area contributed by atoms with Crippen LogP contribution in [0.15, 0.2) is 18.7 Å². The van der Waals surface area contributed by atoms with E-state index in [0.29, 0.717) is 0 Å². The van der Waals surface area contributed by atoms with Crippen molar-refractivity contribution in [3.63, 3.8) is 0 Å². The molecule has 0 fully saturated rings. The van der Waals surface area contributed by atoms with Crippen LogP contribution in [0.1, 0.15) is 13.8 Å². The predicted octanol–water partition coefficient (Wildman–Crippen LogP) is 1.39. The molecule has 2 aromatic heterocycles. The van der Waals surface area contributed by atoms with Gasteiger partial charge in [0.1, 0.15) is 6.33 Å². The molecule has 0 aliphatic rings. The highest BCUT2D eigenvalue weighted by Crippen LogP contribution is 2.04. The van der Waals surface area contributed by atoms with E-state index in [1.807, 2.05) is 20.9 Å². The van der Waals surface area contributed by atoms with E-state index >= 15 is 0 Å². The maximum absolute atomic E-state index is 4.03. The summed E-state index contributed by atoms with van der Waals surface area (Å²) >= 11 is 0. The molecule has 2 rings (SSSR count). The van der Waals surface area contributed by atoms with Crippen LogP contribution in [0.5, 0.6) is 0 Å². The Morgan fingerprint density at radius 2 is 2.00 bits per heavy atom. The van der Waals surface area contributed by atoms with Crippen molar-refractivity contribution in [3.8, 4) is 0 Å². The summed E-state index contributed by atoms with van der Waals surface area (Å²) in [5.41, 5.74) is 0.870. The summed E-state index contributed by atoms with van der Waals surface area (Å²) in [6.07, 6.45) is 5.01. The van der Waals surface area contributed by atoms with Gasteiger partial charge in [0.2, 0.25) is 0 Å². The summed E-state index contributed by atoms with van der Waals surface area (Å²) < 4.78 is 1.72. The molecule has 4 heteroatoms. The van der Waals surface area contributed by atoms with Crippen molar-refractivity contribution in [3.05, 3.63) is 18.7 Å². The number of nitrogens with zero attached hydrogens (tertiary/aromatic N) is 4. The Morgan fingerprint density at radius 1 is 1.25 bits per heavy atom.